The van der Waals surface area contributed by atoms with Gasteiger partial charge < -0.3 is 10.0 Å². The highest BCUT2D eigenvalue weighted by Gasteiger charge is 2.26. The third-order valence-corrected chi connectivity index (χ3v) is 4.72. The van der Waals surface area contributed by atoms with Crippen LogP contribution in [-0.4, -0.2) is 45.8 Å². The van der Waals surface area contributed by atoms with Crippen molar-refractivity contribution in [3.63, 3.8) is 0 Å². The summed E-state index contributed by atoms with van der Waals surface area (Å²) in [6, 6.07) is 3.95. The van der Waals surface area contributed by atoms with Gasteiger partial charge in [-0.15, -0.1) is 11.8 Å². The summed E-state index contributed by atoms with van der Waals surface area (Å²) in [5.74, 6) is 1.77. The number of thioether (sulfide) groups is 1. The summed E-state index contributed by atoms with van der Waals surface area (Å²) < 4.78 is 0. The molecule has 110 valence electrons. The number of pyridine rings is 1. The van der Waals surface area contributed by atoms with Crippen molar-refractivity contribution in [2.75, 3.05) is 18.8 Å². The SMILES string of the molecule is CC(O)C1CCCN(C(=O)CSCc2ccncc2)C1. The minimum atomic E-state index is -0.324. The first kappa shape index (κ1) is 15.3. The van der Waals surface area contributed by atoms with Crippen molar-refractivity contribution in [2.24, 2.45) is 5.92 Å². The number of amides is 1. The van der Waals surface area contributed by atoms with E-state index < -0.39 is 0 Å². The van der Waals surface area contributed by atoms with Crippen molar-refractivity contribution < 1.29 is 9.90 Å². The Morgan fingerprint density at radius 1 is 1.55 bits per heavy atom. The molecule has 0 spiro atoms. The van der Waals surface area contributed by atoms with Crippen LogP contribution < -0.4 is 0 Å². The first-order valence-corrected chi connectivity index (χ1v) is 8.25. The van der Waals surface area contributed by atoms with Gasteiger partial charge in [-0.05, 0) is 37.5 Å². The zero-order valence-electron chi connectivity index (χ0n) is 11.9. The summed E-state index contributed by atoms with van der Waals surface area (Å²) in [7, 11) is 0. The van der Waals surface area contributed by atoms with Gasteiger partial charge in [0.1, 0.15) is 0 Å². The maximum absolute atomic E-state index is 12.2. The van der Waals surface area contributed by atoms with Gasteiger partial charge in [0.15, 0.2) is 0 Å². The lowest BCUT2D eigenvalue weighted by Gasteiger charge is -2.34. The number of piperidine rings is 1. The Hall–Kier alpha value is -1.07. The van der Waals surface area contributed by atoms with Crippen LogP contribution in [0.25, 0.3) is 0 Å². The van der Waals surface area contributed by atoms with E-state index in [0.717, 1.165) is 25.1 Å². The van der Waals surface area contributed by atoms with E-state index in [9.17, 15) is 9.90 Å². The molecule has 0 aromatic carbocycles. The van der Waals surface area contributed by atoms with Gasteiger partial charge in [0.25, 0.3) is 0 Å². The fraction of sp³-hybridized carbons (Fsp3) is 0.600. The molecule has 20 heavy (non-hydrogen) atoms. The van der Waals surface area contributed by atoms with Crippen LogP contribution in [0.3, 0.4) is 0 Å². The van der Waals surface area contributed by atoms with Crippen molar-refractivity contribution in [1.82, 2.24) is 9.88 Å². The van der Waals surface area contributed by atoms with Crippen molar-refractivity contribution in [3.05, 3.63) is 30.1 Å². The molecule has 1 aliphatic heterocycles. The number of aliphatic hydroxyl groups excluding tert-OH is 1. The molecule has 1 aliphatic rings. The largest absolute Gasteiger partial charge is 0.393 e. The molecule has 1 amide bonds. The predicted octanol–water partition coefficient (Wildman–Crippen LogP) is 1.93. The van der Waals surface area contributed by atoms with Gasteiger partial charge in [-0.2, -0.15) is 0 Å². The monoisotopic (exact) mass is 294 g/mol. The number of rotatable bonds is 5. The Morgan fingerprint density at radius 3 is 3.00 bits per heavy atom. The van der Waals surface area contributed by atoms with E-state index in [1.807, 2.05) is 24.0 Å². The van der Waals surface area contributed by atoms with Crippen LogP contribution in [0.2, 0.25) is 0 Å². The molecule has 1 fully saturated rings. The first-order chi connectivity index (χ1) is 9.66. The van der Waals surface area contributed by atoms with Gasteiger partial charge in [-0.25, -0.2) is 0 Å². The van der Waals surface area contributed by atoms with E-state index in [2.05, 4.69) is 4.98 Å². The maximum Gasteiger partial charge on any atom is 0.232 e. The average Bonchev–Trinajstić information content (AvgIpc) is 2.48. The van der Waals surface area contributed by atoms with Crippen LogP contribution in [0.5, 0.6) is 0 Å². The summed E-state index contributed by atoms with van der Waals surface area (Å²) in [6.45, 7) is 3.35. The number of aliphatic hydroxyl groups is 1. The van der Waals surface area contributed by atoms with Crippen LogP contribution in [0.15, 0.2) is 24.5 Å². The minimum absolute atomic E-state index is 0.189. The fourth-order valence-electron chi connectivity index (χ4n) is 2.46. The standard InChI is InChI=1S/C15H22N2O2S/c1-12(18)14-3-2-8-17(9-14)15(19)11-20-10-13-4-6-16-7-5-13/h4-7,12,14,18H,2-3,8-11H2,1H3. The smallest absolute Gasteiger partial charge is 0.232 e. The van der Waals surface area contributed by atoms with Gasteiger partial charge in [0.05, 0.1) is 11.9 Å². The maximum atomic E-state index is 12.2. The lowest BCUT2D eigenvalue weighted by atomic mass is 9.93. The van der Waals surface area contributed by atoms with E-state index in [-0.39, 0.29) is 17.9 Å². The number of carbonyl (C=O) groups excluding carboxylic acids is 1. The van der Waals surface area contributed by atoms with Crippen LogP contribution >= 0.6 is 11.8 Å². The van der Waals surface area contributed by atoms with Crippen LogP contribution in [0.1, 0.15) is 25.3 Å². The van der Waals surface area contributed by atoms with Gasteiger partial charge in [0.2, 0.25) is 5.91 Å². The molecule has 1 aromatic heterocycles. The zero-order valence-corrected chi connectivity index (χ0v) is 12.7. The molecule has 0 bridgehead atoms. The second-order valence-electron chi connectivity index (χ2n) is 5.33. The fourth-order valence-corrected chi connectivity index (χ4v) is 3.34. The van der Waals surface area contributed by atoms with Gasteiger partial charge in [-0.3, -0.25) is 9.78 Å². The number of likely N-dealkylation sites (tertiary alicyclic amines) is 1. The molecule has 0 saturated carbocycles. The molecule has 0 radical (unpaired) electrons. The summed E-state index contributed by atoms with van der Waals surface area (Å²) in [5, 5.41) is 9.65. The normalized spacial score (nSPS) is 20.7. The lowest BCUT2D eigenvalue weighted by molar-refractivity contribution is -0.130. The molecule has 5 heteroatoms. The summed E-state index contributed by atoms with van der Waals surface area (Å²) in [6.07, 6.45) is 5.24. The third kappa shape index (κ3) is 4.49. The second kappa shape index (κ2) is 7.64. The van der Waals surface area contributed by atoms with Crippen LogP contribution in [0.4, 0.5) is 0 Å². The molecule has 2 heterocycles. The Bertz CT molecular complexity index is 425. The predicted molar refractivity (Wildman–Crippen MR) is 81.4 cm³/mol. The summed E-state index contributed by atoms with van der Waals surface area (Å²) in [5.41, 5.74) is 1.19. The molecule has 1 saturated heterocycles. The third-order valence-electron chi connectivity index (χ3n) is 3.74. The molecule has 2 atom stereocenters. The molecule has 2 unspecified atom stereocenters. The average molecular weight is 294 g/mol. The molecular formula is C15H22N2O2S. The molecule has 4 nitrogen and oxygen atoms in total. The second-order valence-corrected chi connectivity index (χ2v) is 6.32. The first-order valence-electron chi connectivity index (χ1n) is 7.09. The lowest BCUT2D eigenvalue weighted by Crippen LogP contribution is -2.43. The molecule has 1 N–H and O–H groups in total. The van der Waals surface area contributed by atoms with E-state index >= 15 is 0 Å². The molecule has 0 aliphatic carbocycles. The Morgan fingerprint density at radius 2 is 2.30 bits per heavy atom. The minimum Gasteiger partial charge on any atom is -0.393 e. The highest BCUT2D eigenvalue weighted by molar-refractivity contribution is 7.99. The van der Waals surface area contributed by atoms with E-state index in [1.54, 1.807) is 24.2 Å². The van der Waals surface area contributed by atoms with E-state index in [1.165, 1.54) is 5.56 Å². The number of aromatic nitrogens is 1. The number of hydrogen-bond donors (Lipinski definition) is 1. The number of hydrogen-bond acceptors (Lipinski definition) is 4. The van der Waals surface area contributed by atoms with Crippen molar-refractivity contribution in [3.8, 4) is 0 Å². The summed E-state index contributed by atoms with van der Waals surface area (Å²) >= 11 is 1.64. The van der Waals surface area contributed by atoms with E-state index in [4.69, 9.17) is 0 Å². The van der Waals surface area contributed by atoms with E-state index in [0.29, 0.717) is 12.3 Å². The highest BCUT2D eigenvalue weighted by Crippen LogP contribution is 2.21. The Labute approximate surface area is 124 Å². The van der Waals surface area contributed by atoms with Gasteiger partial charge in [-0.1, -0.05) is 0 Å². The molecule has 2 rings (SSSR count). The topological polar surface area (TPSA) is 53.4 Å². The van der Waals surface area contributed by atoms with Gasteiger partial charge in [0, 0.05) is 37.2 Å². The van der Waals surface area contributed by atoms with Crippen molar-refractivity contribution in [2.45, 2.75) is 31.6 Å². The number of carbonyl (C=O) groups is 1. The Kier molecular flexibility index (Phi) is 5.86. The van der Waals surface area contributed by atoms with Crippen molar-refractivity contribution >= 4 is 17.7 Å². The zero-order chi connectivity index (χ0) is 14.4. The van der Waals surface area contributed by atoms with Crippen LogP contribution in [0, 0.1) is 5.92 Å². The summed E-state index contributed by atoms with van der Waals surface area (Å²) in [4.78, 5) is 18.0. The quantitative estimate of drug-likeness (QED) is 0.901. The Balaban J connectivity index is 1.74. The highest BCUT2D eigenvalue weighted by atomic mass is 32.2. The molecular weight excluding hydrogens is 272 g/mol. The molecule has 1 aromatic rings. The number of nitrogens with zero attached hydrogens (tertiary/aromatic N) is 2. The van der Waals surface area contributed by atoms with Crippen LogP contribution in [-0.2, 0) is 10.5 Å². The van der Waals surface area contributed by atoms with Crippen molar-refractivity contribution in [1.29, 1.82) is 0 Å². The van der Waals surface area contributed by atoms with Gasteiger partial charge >= 0.3 is 0 Å².